The Labute approximate surface area is 123 Å². The first-order chi connectivity index (χ1) is 9.92. The summed E-state index contributed by atoms with van der Waals surface area (Å²) >= 11 is 0. The number of carbonyl (C=O) groups is 1. The van der Waals surface area contributed by atoms with E-state index in [1.54, 1.807) is 0 Å². The molecule has 0 spiro atoms. The summed E-state index contributed by atoms with van der Waals surface area (Å²) in [5.74, 6) is -0.575. The number of ether oxygens (including phenoxy) is 1. The Morgan fingerprint density at radius 2 is 1.76 bits per heavy atom. The monoisotopic (exact) mass is 316 g/mol. The van der Waals surface area contributed by atoms with Crippen molar-refractivity contribution >= 4 is 16.1 Å². The highest BCUT2D eigenvalue weighted by molar-refractivity contribution is 7.88. The molecule has 0 N–H and O–H groups in total. The van der Waals surface area contributed by atoms with Gasteiger partial charge in [0.2, 0.25) is 10.0 Å². The molecule has 1 fully saturated rings. The first-order valence-corrected chi connectivity index (χ1v) is 8.08. The molecule has 2 rings (SSSR count). The van der Waals surface area contributed by atoms with E-state index in [-0.39, 0.29) is 18.8 Å². The predicted molar refractivity (Wildman–Crippen MR) is 74.6 cm³/mol. The number of piperazine rings is 1. The van der Waals surface area contributed by atoms with Gasteiger partial charge in [-0.2, -0.15) is 4.31 Å². The number of amides is 1. The summed E-state index contributed by atoms with van der Waals surface area (Å²) in [6.07, 6.45) is -0.453. The van der Waals surface area contributed by atoms with Gasteiger partial charge in [-0.05, 0) is 17.7 Å². The molecule has 0 unspecified atom stereocenters. The number of benzene rings is 1. The number of hydrogen-bond acceptors (Lipinski definition) is 4. The molecular formula is C13H17FN2O4S. The molecule has 0 radical (unpaired) electrons. The molecular weight excluding hydrogens is 299 g/mol. The van der Waals surface area contributed by atoms with E-state index in [0.29, 0.717) is 18.7 Å². The fraction of sp³-hybridized carbons (Fsp3) is 0.462. The molecule has 1 aliphatic heterocycles. The zero-order valence-corrected chi connectivity index (χ0v) is 12.5. The maximum atomic E-state index is 12.8. The van der Waals surface area contributed by atoms with Crippen molar-refractivity contribution in [3.63, 3.8) is 0 Å². The summed E-state index contributed by atoms with van der Waals surface area (Å²) in [6.45, 7) is 1.07. The van der Waals surface area contributed by atoms with Crippen LogP contribution < -0.4 is 0 Å². The largest absolute Gasteiger partial charge is 0.453 e. The Kier molecular flexibility index (Phi) is 4.79. The fourth-order valence-electron chi connectivity index (χ4n) is 2.16. The molecule has 0 bridgehead atoms. The predicted octanol–water partition coefficient (Wildman–Crippen LogP) is 1.04. The van der Waals surface area contributed by atoms with Crippen molar-refractivity contribution in [1.29, 1.82) is 0 Å². The quantitative estimate of drug-likeness (QED) is 0.836. The standard InChI is InChI=1S/C13H17FN2O4S/c1-20-13(17)15-6-8-16(9-7-15)21(18,19)10-11-2-4-12(14)5-3-11/h2-5H,6-10H2,1H3. The Balaban J connectivity index is 1.98. The molecule has 6 nitrogen and oxygen atoms in total. The lowest BCUT2D eigenvalue weighted by Gasteiger charge is -2.33. The second-order valence-electron chi connectivity index (χ2n) is 4.74. The van der Waals surface area contributed by atoms with Crippen LogP contribution in [-0.4, -0.2) is 57.0 Å². The van der Waals surface area contributed by atoms with Gasteiger partial charge in [0.05, 0.1) is 12.9 Å². The van der Waals surface area contributed by atoms with Crippen LogP contribution in [0.1, 0.15) is 5.56 Å². The molecule has 0 atom stereocenters. The van der Waals surface area contributed by atoms with Gasteiger partial charge in [0.1, 0.15) is 5.82 Å². The summed E-state index contributed by atoms with van der Waals surface area (Å²) in [7, 11) is -2.18. The van der Waals surface area contributed by atoms with Gasteiger partial charge >= 0.3 is 6.09 Å². The average molecular weight is 316 g/mol. The first-order valence-electron chi connectivity index (χ1n) is 6.47. The lowest BCUT2D eigenvalue weighted by Crippen LogP contribution is -2.50. The number of sulfonamides is 1. The third kappa shape index (κ3) is 3.92. The third-order valence-electron chi connectivity index (χ3n) is 3.33. The number of hydrogen-bond donors (Lipinski definition) is 0. The molecule has 1 aliphatic rings. The van der Waals surface area contributed by atoms with E-state index in [1.807, 2.05) is 0 Å². The second kappa shape index (κ2) is 6.40. The van der Waals surface area contributed by atoms with E-state index in [0.717, 1.165) is 0 Å². The van der Waals surface area contributed by atoms with E-state index >= 15 is 0 Å². The van der Waals surface area contributed by atoms with Crippen LogP contribution >= 0.6 is 0 Å². The van der Waals surface area contributed by atoms with Gasteiger partial charge in [0.15, 0.2) is 0 Å². The molecule has 8 heteroatoms. The Hall–Kier alpha value is -1.67. The van der Waals surface area contributed by atoms with Crippen molar-refractivity contribution in [3.8, 4) is 0 Å². The van der Waals surface area contributed by atoms with Gasteiger partial charge in [-0.25, -0.2) is 17.6 Å². The Morgan fingerprint density at radius 1 is 1.19 bits per heavy atom. The summed E-state index contributed by atoms with van der Waals surface area (Å²) in [5, 5.41) is 0. The number of carbonyl (C=O) groups excluding carboxylic acids is 1. The minimum absolute atomic E-state index is 0.175. The summed E-state index contributed by atoms with van der Waals surface area (Å²) in [4.78, 5) is 12.8. The summed E-state index contributed by atoms with van der Waals surface area (Å²) in [5.41, 5.74) is 0.534. The van der Waals surface area contributed by atoms with Crippen LogP contribution in [0.3, 0.4) is 0 Å². The molecule has 0 aliphatic carbocycles. The van der Waals surface area contributed by atoms with Gasteiger partial charge in [-0.1, -0.05) is 12.1 Å². The molecule has 1 aromatic rings. The normalized spacial score (nSPS) is 16.8. The minimum atomic E-state index is -3.47. The second-order valence-corrected chi connectivity index (χ2v) is 6.71. The first kappa shape index (κ1) is 15.7. The van der Waals surface area contributed by atoms with Gasteiger partial charge in [-0.3, -0.25) is 0 Å². The lowest BCUT2D eigenvalue weighted by molar-refractivity contribution is 0.108. The highest BCUT2D eigenvalue weighted by Crippen LogP contribution is 2.14. The molecule has 1 heterocycles. The van der Waals surface area contributed by atoms with Crippen molar-refractivity contribution < 1.29 is 22.3 Å². The Bertz CT molecular complexity index is 595. The summed E-state index contributed by atoms with van der Waals surface area (Å²) in [6, 6.07) is 5.38. The van der Waals surface area contributed by atoms with Gasteiger partial charge < -0.3 is 9.64 Å². The molecule has 21 heavy (non-hydrogen) atoms. The van der Waals surface area contributed by atoms with E-state index < -0.39 is 21.9 Å². The number of methoxy groups -OCH3 is 1. The van der Waals surface area contributed by atoms with Crippen molar-refractivity contribution in [2.45, 2.75) is 5.75 Å². The van der Waals surface area contributed by atoms with E-state index in [1.165, 1.54) is 40.6 Å². The topological polar surface area (TPSA) is 66.9 Å². The van der Waals surface area contributed by atoms with Crippen molar-refractivity contribution in [2.24, 2.45) is 0 Å². The van der Waals surface area contributed by atoms with Crippen LogP contribution in [0.25, 0.3) is 0 Å². The molecule has 1 saturated heterocycles. The SMILES string of the molecule is COC(=O)N1CCN(S(=O)(=O)Cc2ccc(F)cc2)CC1. The molecule has 0 saturated carbocycles. The van der Waals surface area contributed by atoms with Crippen LogP contribution in [0.15, 0.2) is 24.3 Å². The number of halogens is 1. The van der Waals surface area contributed by atoms with Crippen LogP contribution in [-0.2, 0) is 20.5 Å². The van der Waals surface area contributed by atoms with E-state index in [2.05, 4.69) is 4.74 Å². The third-order valence-corrected chi connectivity index (χ3v) is 5.18. The number of rotatable bonds is 3. The zero-order chi connectivity index (χ0) is 15.5. The van der Waals surface area contributed by atoms with Crippen LogP contribution in [0, 0.1) is 5.82 Å². The lowest BCUT2D eigenvalue weighted by atomic mass is 10.2. The van der Waals surface area contributed by atoms with Gasteiger partial charge in [0, 0.05) is 26.2 Å². The van der Waals surface area contributed by atoms with Crippen LogP contribution in [0.5, 0.6) is 0 Å². The van der Waals surface area contributed by atoms with Crippen molar-refractivity contribution in [1.82, 2.24) is 9.21 Å². The molecule has 0 aromatic heterocycles. The average Bonchev–Trinajstić information content (AvgIpc) is 2.49. The van der Waals surface area contributed by atoms with Crippen LogP contribution in [0.4, 0.5) is 9.18 Å². The fourth-order valence-corrected chi connectivity index (χ4v) is 3.68. The smallest absolute Gasteiger partial charge is 0.409 e. The maximum absolute atomic E-state index is 12.8. The van der Waals surface area contributed by atoms with Crippen molar-refractivity contribution in [3.05, 3.63) is 35.6 Å². The maximum Gasteiger partial charge on any atom is 0.409 e. The zero-order valence-electron chi connectivity index (χ0n) is 11.7. The van der Waals surface area contributed by atoms with E-state index in [9.17, 15) is 17.6 Å². The van der Waals surface area contributed by atoms with Crippen molar-refractivity contribution in [2.75, 3.05) is 33.3 Å². The molecule has 1 amide bonds. The number of nitrogens with zero attached hydrogens (tertiary/aromatic N) is 2. The molecule has 1 aromatic carbocycles. The molecule has 116 valence electrons. The minimum Gasteiger partial charge on any atom is -0.453 e. The van der Waals surface area contributed by atoms with Gasteiger partial charge in [0.25, 0.3) is 0 Å². The Morgan fingerprint density at radius 3 is 2.29 bits per heavy atom. The van der Waals surface area contributed by atoms with Crippen LogP contribution in [0.2, 0.25) is 0 Å². The highest BCUT2D eigenvalue weighted by atomic mass is 32.2. The van der Waals surface area contributed by atoms with E-state index in [4.69, 9.17) is 0 Å². The highest BCUT2D eigenvalue weighted by Gasteiger charge is 2.29. The summed E-state index contributed by atoms with van der Waals surface area (Å²) < 4.78 is 43.3. The van der Waals surface area contributed by atoms with Gasteiger partial charge in [-0.15, -0.1) is 0 Å².